The fraction of sp³-hybridized carbons (Fsp3) is 0.750. The van der Waals surface area contributed by atoms with Crippen LogP contribution in [0.3, 0.4) is 0 Å². The van der Waals surface area contributed by atoms with E-state index < -0.39 is 23.5 Å². The molecule has 0 unspecified atom stereocenters. The van der Waals surface area contributed by atoms with E-state index in [1.807, 2.05) is 51.1 Å². The third kappa shape index (κ3) is 4.42. The van der Waals surface area contributed by atoms with Gasteiger partial charge in [0.15, 0.2) is 5.60 Å². The lowest BCUT2D eigenvalue weighted by molar-refractivity contribution is -0.361. The molecule has 1 heterocycles. The number of fused-ring (bicyclic) bond motifs is 1. The number of halogens is 3. The van der Waals surface area contributed by atoms with Crippen LogP contribution in [0.15, 0.2) is 30.3 Å². The lowest BCUT2D eigenvalue weighted by Crippen LogP contribution is -2.72. The Hall–Kier alpha value is -1.11. The summed E-state index contributed by atoms with van der Waals surface area (Å²) in [7, 11) is 0. The van der Waals surface area contributed by atoms with E-state index in [0.29, 0.717) is 25.3 Å². The second kappa shape index (κ2) is 8.79. The molecule has 0 bridgehead atoms. The summed E-state index contributed by atoms with van der Waals surface area (Å²) in [6.45, 7) is 8.32. The molecule has 3 nitrogen and oxygen atoms in total. The number of alkyl halides is 3. The Balaban J connectivity index is 2.04. The maximum absolute atomic E-state index is 14.3. The van der Waals surface area contributed by atoms with Gasteiger partial charge in [-0.2, -0.15) is 13.2 Å². The van der Waals surface area contributed by atoms with Gasteiger partial charge in [-0.15, -0.1) is 0 Å². The van der Waals surface area contributed by atoms with E-state index >= 15 is 0 Å². The minimum Gasteiger partial charge on any atom is -0.377 e. The molecule has 3 rings (SSSR count). The third-order valence-corrected chi connectivity index (χ3v) is 7.29. The molecular formula is C24H36F3NO2. The molecule has 0 aromatic heterocycles. The number of hydrogen-bond acceptors (Lipinski definition) is 3. The number of unbranched alkanes of at least 4 members (excludes halogenated alkanes) is 1. The molecule has 30 heavy (non-hydrogen) atoms. The van der Waals surface area contributed by atoms with E-state index in [1.165, 1.54) is 0 Å². The molecule has 2 fully saturated rings. The Bertz CT molecular complexity index is 693. The van der Waals surface area contributed by atoms with Crippen LogP contribution in [0.1, 0.15) is 71.8 Å². The Kier molecular flexibility index (Phi) is 6.90. The monoisotopic (exact) mass is 427 g/mol. The van der Waals surface area contributed by atoms with Gasteiger partial charge in [-0.3, -0.25) is 4.90 Å². The smallest absolute Gasteiger partial charge is 0.377 e. The van der Waals surface area contributed by atoms with Crippen molar-refractivity contribution in [1.29, 1.82) is 0 Å². The van der Waals surface area contributed by atoms with E-state index in [0.717, 1.165) is 24.8 Å². The molecule has 1 saturated heterocycles. The highest BCUT2D eigenvalue weighted by Crippen LogP contribution is 2.50. The molecule has 0 amide bonds. The highest BCUT2D eigenvalue weighted by atomic mass is 19.4. The highest BCUT2D eigenvalue weighted by Gasteiger charge is 2.65. The van der Waals surface area contributed by atoms with Gasteiger partial charge in [0.1, 0.15) is 6.23 Å². The Labute approximate surface area is 178 Å². The van der Waals surface area contributed by atoms with Crippen molar-refractivity contribution in [2.24, 2.45) is 11.8 Å². The van der Waals surface area contributed by atoms with Crippen LogP contribution in [0.2, 0.25) is 0 Å². The first-order valence-electron chi connectivity index (χ1n) is 11.3. The maximum atomic E-state index is 14.3. The van der Waals surface area contributed by atoms with Gasteiger partial charge in [0.2, 0.25) is 0 Å². The number of ether oxygens (including phenoxy) is 1. The molecule has 1 aliphatic heterocycles. The van der Waals surface area contributed by atoms with Gasteiger partial charge in [0, 0.05) is 18.0 Å². The van der Waals surface area contributed by atoms with Crippen molar-refractivity contribution in [1.82, 2.24) is 4.90 Å². The lowest BCUT2D eigenvalue weighted by Gasteiger charge is -2.60. The van der Waals surface area contributed by atoms with Gasteiger partial charge in [0.25, 0.3) is 0 Å². The SMILES string of the molecule is CCCC[C@](O)([C@@H]1O[C@@H]2C[C@H](C)CC[C@H]2C(C)(C)N1Cc1ccccc1)C(F)(F)F. The lowest BCUT2D eigenvalue weighted by atomic mass is 9.69. The van der Waals surface area contributed by atoms with Crippen molar-refractivity contribution in [2.75, 3.05) is 0 Å². The van der Waals surface area contributed by atoms with Crippen LogP contribution >= 0.6 is 0 Å². The molecule has 1 aromatic carbocycles. The molecule has 0 radical (unpaired) electrons. The summed E-state index contributed by atoms with van der Waals surface area (Å²) in [4.78, 5) is 1.78. The molecule has 1 aromatic rings. The first-order valence-corrected chi connectivity index (χ1v) is 11.3. The van der Waals surface area contributed by atoms with Crippen molar-refractivity contribution in [3.05, 3.63) is 35.9 Å². The predicted octanol–water partition coefficient (Wildman–Crippen LogP) is 5.91. The van der Waals surface area contributed by atoms with Crippen molar-refractivity contribution >= 4 is 0 Å². The van der Waals surface area contributed by atoms with Crippen molar-refractivity contribution in [3.63, 3.8) is 0 Å². The van der Waals surface area contributed by atoms with Gasteiger partial charge >= 0.3 is 6.18 Å². The van der Waals surface area contributed by atoms with Gasteiger partial charge in [-0.1, -0.05) is 63.4 Å². The Morgan fingerprint density at radius 2 is 1.83 bits per heavy atom. The highest BCUT2D eigenvalue weighted by molar-refractivity contribution is 5.17. The topological polar surface area (TPSA) is 32.7 Å². The average Bonchev–Trinajstić information content (AvgIpc) is 2.67. The number of rotatable bonds is 6. The summed E-state index contributed by atoms with van der Waals surface area (Å²) in [5.74, 6) is 0.551. The van der Waals surface area contributed by atoms with Gasteiger partial charge in [-0.05, 0) is 44.6 Å². The summed E-state index contributed by atoms with van der Waals surface area (Å²) < 4.78 is 49.2. The minimum absolute atomic E-state index is 0.136. The minimum atomic E-state index is -4.77. The van der Waals surface area contributed by atoms with E-state index in [-0.39, 0.29) is 18.4 Å². The molecular weight excluding hydrogens is 391 g/mol. The second-order valence-electron chi connectivity index (χ2n) is 9.84. The normalized spacial score (nSPS) is 31.7. The van der Waals surface area contributed by atoms with Crippen LogP contribution in [0.4, 0.5) is 13.2 Å². The fourth-order valence-corrected chi connectivity index (χ4v) is 5.33. The Morgan fingerprint density at radius 1 is 1.17 bits per heavy atom. The second-order valence-corrected chi connectivity index (χ2v) is 9.84. The van der Waals surface area contributed by atoms with Gasteiger partial charge in [0.05, 0.1) is 6.10 Å². The van der Waals surface area contributed by atoms with Crippen LogP contribution in [0, 0.1) is 11.8 Å². The van der Waals surface area contributed by atoms with Crippen molar-refractivity contribution in [2.45, 2.75) is 102 Å². The molecule has 0 spiro atoms. The zero-order chi connectivity index (χ0) is 22.2. The van der Waals surface area contributed by atoms with E-state index in [4.69, 9.17) is 4.74 Å². The summed E-state index contributed by atoms with van der Waals surface area (Å²) in [5.41, 5.74) is -2.52. The molecule has 2 aliphatic rings. The molecule has 5 atom stereocenters. The average molecular weight is 428 g/mol. The van der Waals surface area contributed by atoms with Crippen molar-refractivity contribution in [3.8, 4) is 0 Å². The maximum Gasteiger partial charge on any atom is 0.421 e. The van der Waals surface area contributed by atoms with Gasteiger partial charge in [-0.25, -0.2) is 0 Å². The summed E-state index contributed by atoms with van der Waals surface area (Å²) in [5, 5.41) is 11.1. The van der Waals surface area contributed by atoms with Crippen LogP contribution in [-0.2, 0) is 11.3 Å². The number of benzene rings is 1. The van der Waals surface area contributed by atoms with E-state index in [2.05, 4.69) is 6.92 Å². The van der Waals surface area contributed by atoms with Crippen LogP contribution < -0.4 is 0 Å². The summed E-state index contributed by atoms with van der Waals surface area (Å²) >= 11 is 0. The molecule has 6 heteroatoms. The number of aliphatic hydroxyl groups is 1. The standard InChI is InChI=1S/C24H36F3NO2/c1-5-6-14-23(29,24(25,26)27)21-28(16-18-10-8-7-9-11-18)22(3,4)19-13-12-17(2)15-20(19)30-21/h7-11,17,19-21,29H,5-6,12-16H2,1-4H3/t17-,19-,20-,21+,23+/m1/s1. The molecule has 170 valence electrons. The summed E-state index contributed by atoms with van der Waals surface area (Å²) in [6, 6.07) is 9.51. The summed E-state index contributed by atoms with van der Waals surface area (Å²) in [6.07, 6.45) is -3.23. The first kappa shape index (κ1) is 23.6. The zero-order valence-corrected chi connectivity index (χ0v) is 18.6. The van der Waals surface area contributed by atoms with Crippen LogP contribution in [-0.4, -0.2) is 39.7 Å². The van der Waals surface area contributed by atoms with Crippen LogP contribution in [0.25, 0.3) is 0 Å². The van der Waals surface area contributed by atoms with Gasteiger partial charge < -0.3 is 9.84 Å². The van der Waals surface area contributed by atoms with E-state index in [1.54, 1.807) is 4.90 Å². The predicted molar refractivity (Wildman–Crippen MR) is 112 cm³/mol. The quantitative estimate of drug-likeness (QED) is 0.612. The Morgan fingerprint density at radius 3 is 2.43 bits per heavy atom. The van der Waals surface area contributed by atoms with Crippen molar-refractivity contribution < 1.29 is 23.0 Å². The van der Waals surface area contributed by atoms with E-state index in [9.17, 15) is 18.3 Å². The fourth-order valence-electron chi connectivity index (χ4n) is 5.33. The molecule has 1 saturated carbocycles. The zero-order valence-electron chi connectivity index (χ0n) is 18.6. The largest absolute Gasteiger partial charge is 0.421 e. The number of nitrogens with zero attached hydrogens (tertiary/aromatic N) is 1. The first-order chi connectivity index (χ1) is 14.0. The molecule has 1 aliphatic carbocycles. The number of hydrogen-bond donors (Lipinski definition) is 1. The molecule has 1 N–H and O–H groups in total. The third-order valence-electron chi connectivity index (χ3n) is 7.29. The van der Waals surface area contributed by atoms with Crippen LogP contribution in [0.5, 0.6) is 0 Å².